The monoisotopic (exact) mass is 311 g/mol. The number of nitrogens with zero attached hydrogens (tertiary/aromatic N) is 2. The number of likely N-dealkylation sites (tertiary alicyclic amines) is 1. The molecule has 2 unspecified atom stereocenters. The molecule has 0 aromatic heterocycles. The lowest BCUT2D eigenvalue weighted by Crippen LogP contribution is -2.51. The van der Waals surface area contributed by atoms with E-state index >= 15 is 0 Å². The van der Waals surface area contributed by atoms with Gasteiger partial charge < -0.3 is 20.1 Å². The number of rotatable bonds is 4. The Balaban J connectivity index is 2.80. The van der Waals surface area contributed by atoms with E-state index in [-0.39, 0.29) is 0 Å². The smallest absolute Gasteiger partial charge is 0.408 e. The van der Waals surface area contributed by atoms with E-state index in [1.54, 1.807) is 20.8 Å². The van der Waals surface area contributed by atoms with Crippen molar-refractivity contribution >= 4 is 18.0 Å². The van der Waals surface area contributed by atoms with Crippen molar-refractivity contribution in [3.63, 3.8) is 0 Å². The average Bonchev–Trinajstić information content (AvgIpc) is 2.82. The molecule has 1 fully saturated rings. The van der Waals surface area contributed by atoms with Crippen LogP contribution in [-0.2, 0) is 14.3 Å². The second-order valence-electron chi connectivity index (χ2n) is 6.12. The lowest BCUT2D eigenvalue weighted by Gasteiger charge is -2.27. The first-order chi connectivity index (χ1) is 10.1. The third kappa shape index (κ3) is 5.24. The molecular formula is C14H21N3O5. The summed E-state index contributed by atoms with van der Waals surface area (Å²) in [5, 5.41) is 20.2. The molecule has 1 saturated heterocycles. The van der Waals surface area contributed by atoms with Crippen molar-refractivity contribution in [3.8, 4) is 6.07 Å². The van der Waals surface area contributed by atoms with Gasteiger partial charge in [-0.25, -0.2) is 4.79 Å². The van der Waals surface area contributed by atoms with E-state index in [0.29, 0.717) is 19.4 Å². The van der Waals surface area contributed by atoms with Gasteiger partial charge in [0, 0.05) is 6.54 Å². The number of carbonyl (C=O) groups is 3. The van der Waals surface area contributed by atoms with Gasteiger partial charge in [0.25, 0.3) is 0 Å². The lowest BCUT2D eigenvalue weighted by atomic mass is 10.1. The summed E-state index contributed by atoms with van der Waals surface area (Å²) in [5.41, 5.74) is -0.760. The highest BCUT2D eigenvalue weighted by atomic mass is 16.6. The van der Waals surface area contributed by atoms with Gasteiger partial charge in [-0.3, -0.25) is 9.59 Å². The number of nitrogens with one attached hydrogen (secondary N) is 1. The van der Waals surface area contributed by atoms with Crippen LogP contribution in [-0.4, -0.2) is 52.2 Å². The number of carboxylic acid groups (broad SMARTS) is 1. The van der Waals surface area contributed by atoms with Gasteiger partial charge in [0.1, 0.15) is 17.7 Å². The zero-order chi connectivity index (χ0) is 16.9. The minimum Gasteiger partial charge on any atom is -0.481 e. The van der Waals surface area contributed by atoms with Gasteiger partial charge in [0.15, 0.2) is 0 Å². The quantitative estimate of drug-likeness (QED) is 0.795. The molecule has 0 aromatic carbocycles. The van der Waals surface area contributed by atoms with Crippen LogP contribution in [0.1, 0.15) is 40.0 Å². The molecule has 0 radical (unpaired) electrons. The van der Waals surface area contributed by atoms with Gasteiger partial charge in [-0.1, -0.05) is 0 Å². The Morgan fingerprint density at radius 2 is 2.09 bits per heavy atom. The summed E-state index contributed by atoms with van der Waals surface area (Å²) in [5.74, 6) is -1.79. The number of amides is 2. The Morgan fingerprint density at radius 3 is 2.59 bits per heavy atom. The molecule has 0 aliphatic carbocycles. The highest BCUT2D eigenvalue weighted by Gasteiger charge is 2.35. The first-order valence-corrected chi connectivity index (χ1v) is 7.05. The van der Waals surface area contributed by atoms with E-state index in [1.165, 1.54) is 4.90 Å². The van der Waals surface area contributed by atoms with Crippen LogP contribution in [0.5, 0.6) is 0 Å². The van der Waals surface area contributed by atoms with Crippen LogP contribution in [0.4, 0.5) is 4.79 Å². The van der Waals surface area contributed by atoms with Crippen LogP contribution < -0.4 is 5.32 Å². The number of nitriles is 1. The molecule has 1 aliphatic rings. The molecule has 8 heteroatoms. The van der Waals surface area contributed by atoms with E-state index in [9.17, 15) is 14.4 Å². The normalized spacial score (nSPS) is 19.2. The predicted molar refractivity (Wildman–Crippen MR) is 75.8 cm³/mol. The molecule has 1 aliphatic heterocycles. The van der Waals surface area contributed by atoms with E-state index in [4.69, 9.17) is 15.1 Å². The summed E-state index contributed by atoms with van der Waals surface area (Å²) in [7, 11) is 0. The molecule has 22 heavy (non-hydrogen) atoms. The van der Waals surface area contributed by atoms with E-state index in [1.807, 2.05) is 6.07 Å². The molecule has 2 atom stereocenters. The van der Waals surface area contributed by atoms with Crippen molar-refractivity contribution in [2.75, 3.05) is 6.54 Å². The summed E-state index contributed by atoms with van der Waals surface area (Å²) in [6.07, 6.45) is -0.197. The summed E-state index contributed by atoms with van der Waals surface area (Å²) < 4.78 is 5.04. The van der Waals surface area contributed by atoms with Crippen molar-refractivity contribution in [2.45, 2.75) is 57.7 Å². The molecule has 0 aromatic rings. The minimum absolute atomic E-state index is 0.378. The standard InChI is InChI=1S/C14H21N3O5/c1-14(2,3)22-13(21)16-10(7-11(18)19)12(20)17-6-4-5-9(17)8-15/h9-10H,4-7H2,1-3H3,(H,16,21)(H,18,19). The molecular weight excluding hydrogens is 290 g/mol. The number of carbonyl (C=O) groups excluding carboxylic acids is 2. The topological polar surface area (TPSA) is 120 Å². The van der Waals surface area contributed by atoms with Crippen molar-refractivity contribution in [2.24, 2.45) is 0 Å². The van der Waals surface area contributed by atoms with Crippen LogP contribution in [0.15, 0.2) is 0 Å². The van der Waals surface area contributed by atoms with Gasteiger partial charge in [0.05, 0.1) is 12.5 Å². The predicted octanol–water partition coefficient (Wildman–Crippen LogP) is 0.869. The molecule has 1 heterocycles. The molecule has 8 nitrogen and oxygen atoms in total. The van der Waals surface area contributed by atoms with Gasteiger partial charge >= 0.3 is 12.1 Å². The number of aliphatic carboxylic acids is 1. The lowest BCUT2D eigenvalue weighted by molar-refractivity contribution is -0.142. The third-order valence-corrected chi connectivity index (χ3v) is 3.05. The third-order valence-electron chi connectivity index (χ3n) is 3.05. The highest BCUT2D eigenvalue weighted by Crippen LogP contribution is 2.18. The number of carboxylic acids is 1. The Kier molecular flexibility index (Phi) is 5.74. The Hall–Kier alpha value is -2.30. The summed E-state index contributed by atoms with van der Waals surface area (Å²) >= 11 is 0. The number of hydrogen-bond acceptors (Lipinski definition) is 5. The van der Waals surface area contributed by atoms with Gasteiger partial charge in [-0.2, -0.15) is 5.26 Å². The van der Waals surface area contributed by atoms with Crippen LogP contribution >= 0.6 is 0 Å². The van der Waals surface area contributed by atoms with Crippen molar-refractivity contribution < 1.29 is 24.2 Å². The van der Waals surface area contributed by atoms with Crippen LogP contribution in [0.25, 0.3) is 0 Å². The molecule has 0 bridgehead atoms. The SMILES string of the molecule is CC(C)(C)OC(=O)NC(CC(=O)O)C(=O)N1CCCC1C#N. The summed E-state index contributed by atoms with van der Waals surface area (Å²) in [6, 6.07) is 0.180. The average molecular weight is 311 g/mol. The first-order valence-electron chi connectivity index (χ1n) is 7.05. The zero-order valence-electron chi connectivity index (χ0n) is 13.0. The Morgan fingerprint density at radius 1 is 1.45 bits per heavy atom. The number of ether oxygens (including phenoxy) is 1. The van der Waals surface area contributed by atoms with E-state index < -0.39 is 42.1 Å². The first kappa shape index (κ1) is 17.8. The molecule has 0 spiro atoms. The van der Waals surface area contributed by atoms with Gasteiger partial charge in [0.2, 0.25) is 5.91 Å². The van der Waals surface area contributed by atoms with Crippen molar-refractivity contribution in [1.29, 1.82) is 5.26 Å². The number of alkyl carbamates (subject to hydrolysis) is 1. The van der Waals surface area contributed by atoms with Crippen molar-refractivity contribution in [1.82, 2.24) is 10.2 Å². The minimum atomic E-state index is -1.25. The van der Waals surface area contributed by atoms with Crippen LogP contribution in [0.3, 0.4) is 0 Å². The fourth-order valence-electron chi connectivity index (χ4n) is 2.19. The van der Waals surface area contributed by atoms with E-state index in [2.05, 4.69) is 5.32 Å². The fourth-order valence-corrected chi connectivity index (χ4v) is 2.19. The van der Waals surface area contributed by atoms with Gasteiger partial charge in [-0.05, 0) is 33.6 Å². The molecule has 122 valence electrons. The Bertz CT molecular complexity index is 492. The largest absolute Gasteiger partial charge is 0.481 e. The maximum absolute atomic E-state index is 12.4. The Labute approximate surface area is 129 Å². The second kappa shape index (κ2) is 7.11. The second-order valence-corrected chi connectivity index (χ2v) is 6.12. The van der Waals surface area contributed by atoms with E-state index in [0.717, 1.165) is 0 Å². The molecule has 1 rings (SSSR count). The molecule has 2 amide bonds. The molecule has 2 N–H and O–H groups in total. The maximum atomic E-state index is 12.4. The zero-order valence-corrected chi connectivity index (χ0v) is 13.0. The summed E-state index contributed by atoms with van der Waals surface area (Å²) in [6.45, 7) is 5.36. The summed E-state index contributed by atoms with van der Waals surface area (Å²) in [4.78, 5) is 36.4. The van der Waals surface area contributed by atoms with Crippen LogP contribution in [0, 0.1) is 11.3 Å². The molecule has 0 saturated carbocycles. The fraction of sp³-hybridized carbons (Fsp3) is 0.714. The number of hydrogen-bond donors (Lipinski definition) is 2. The highest BCUT2D eigenvalue weighted by molar-refractivity contribution is 5.89. The van der Waals surface area contributed by atoms with Crippen molar-refractivity contribution in [3.05, 3.63) is 0 Å². The van der Waals surface area contributed by atoms with Crippen LogP contribution in [0.2, 0.25) is 0 Å². The van der Waals surface area contributed by atoms with Gasteiger partial charge in [-0.15, -0.1) is 0 Å². The maximum Gasteiger partial charge on any atom is 0.408 e.